The lowest BCUT2D eigenvalue weighted by Crippen LogP contribution is -2.16. The smallest absolute Gasteiger partial charge is 0.121 e. The summed E-state index contributed by atoms with van der Waals surface area (Å²) in [4.78, 5) is 1.36. The topological polar surface area (TPSA) is 21.3 Å². The minimum Gasteiger partial charge on any atom is -0.497 e. The molecule has 20 heavy (non-hydrogen) atoms. The largest absolute Gasteiger partial charge is 0.497 e. The quantitative estimate of drug-likeness (QED) is 0.862. The first-order valence-electron chi connectivity index (χ1n) is 6.60. The van der Waals surface area contributed by atoms with Crippen molar-refractivity contribution in [1.82, 2.24) is 0 Å². The van der Waals surface area contributed by atoms with Gasteiger partial charge in [0.25, 0.3) is 0 Å². The second-order valence-electron chi connectivity index (χ2n) is 4.72. The Morgan fingerprint density at radius 1 is 1.25 bits per heavy atom. The Hall–Kier alpha value is -1.32. The summed E-state index contributed by atoms with van der Waals surface area (Å²) in [6, 6.07) is 14.5. The van der Waals surface area contributed by atoms with Crippen LogP contribution in [0.25, 0.3) is 0 Å². The summed E-state index contributed by atoms with van der Waals surface area (Å²) < 4.78 is 5.27. The number of benzene rings is 2. The van der Waals surface area contributed by atoms with Crippen molar-refractivity contribution in [3.8, 4) is 5.75 Å². The Kier molecular flexibility index (Phi) is 4.08. The van der Waals surface area contributed by atoms with Crippen LogP contribution in [0.4, 0.5) is 5.69 Å². The number of hydrogen-bond acceptors (Lipinski definition) is 3. The summed E-state index contributed by atoms with van der Waals surface area (Å²) in [6.45, 7) is 0. The van der Waals surface area contributed by atoms with Crippen molar-refractivity contribution in [1.29, 1.82) is 0 Å². The average Bonchev–Trinajstić information content (AvgIpc) is 2.50. The molecule has 4 heteroatoms. The summed E-state index contributed by atoms with van der Waals surface area (Å²) in [5, 5.41) is 4.28. The van der Waals surface area contributed by atoms with Crippen molar-refractivity contribution in [3.63, 3.8) is 0 Å². The number of ether oxygens (including phenoxy) is 1. The summed E-state index contributed by atoms with van der Waals surface area (Å²) >= 11 is 8.19. The van der Waals surface area contributed by atoms with Crippen LogP contribution in [0.15, 0.2) is 47.4 Å². The lowest BCUT2D eigenvalue weighted by atomic mass is 10.0. The van der Waals surface area contributed by atoms with Crippen LogP contribution in [0.5, 0.6) is 5.75 Å². The zero-order valence-electron chi connectivity index (χ0n) is 11.2. The van der Waals surface area contributed by atoms with E-state index in [9.17, 15) is 0 Å². The van der Waals surface area contributed by atoms with E-state index in [0.29, 0.717) is 6.04 Å². The first kappa shape index (κ1) is 13.7. The monoisotopic (exact) mass is 305 g/mol. The van der Waals surface area contributed by atoms with Gasteiger partial charge in [0.1, 0.15) is 5.75 Å². The minimum atomic E-state index is 0.303. The van der Waals surface area contributed by atoms with Gasteiger partial charge in [0.15, 0.2) is 0 Å². The van der Waals surface area contributed by atoms with E-state index in [1.54, 1.807) is 7.11 Å². The number of nitrogens with one attached hydrogen (secondary N) is 1. The standard InChI is InChI=1S/C16H16ClNOS/c1-19-11-6-7-13(17)15(10-11)18-14-8-9-20-16-5-3-2-4-12(14)16/h2-7,10,14,18H,8-9H2,1H3. The highest BCUT2D eigenvalue weighted by Crippen LogP contribution is 2.39. The molecule has 0 amide bonds. The molecule has 1 N–H and O–H groups in total. The molecule has 1 aliphatic rings. The van der Waals surface area contributed by atoms with Crippen molar-refractivity contribution >= 4 is 29.1 Å². The highest BCUT2D eigenvalue weighted by molar-refractivity contribution is 7.99. The van der Waals surface area contributed by atoms with E-state index in [2.05, 4.69) is 29.6 Å². The Balaban J connectivity index is 1.89. The fraction of sp³-hybridized carbons (Fsp3) is 0.250. The summed E-state index contributed by atoms with van der Waals surface area (Å²) in [5.41, 5.74) is 2.28. The molecule has 1 aliphatic heterocycles. The molecule has 0 saturated carbocycles. The molecule has 0 spiro atoms. The lowest BCUT2D eigenvalue weighted by molar-refractivity contribution is 0.415. The Morgan fingerprint density at radius 3 is 2.95 bits per heavy atom. The van der Waals surface area contributed by atoms with Gasteiger partial charge < -0.3 is 10.1 Å². The number of rotatable bonds is 3. The van der Waals surface area contributed by atoms with Crippen LogP contribution in [0.3, 0.4) is 0 Å². The van der Waals surface area contributed by atoms with Crippen LogP contribution in [0, 0.1) is 0 Å². The lowest BCUT2D eigenvalue weighted by Gasteiger charge is -2.27. The Labute approximate surface area is 128 Å². The van der Waals surface area contributed by atoms with Crippen molar-refractivity contribution < 1.29 is 4.74 Å². The fourth-order valence-corrected chi connectivity index (χ4v) is 3.72. The first-order chi connectivity index (χ1) is 9.78. The second kappa shape index (κ2) is 5.98. The third-order valence-corrected chi connectivity index (χ3v) is 4.91. The number of fused-ring (bicyclic) bond motifs is 1. The van der Waals surface area contributed by atoms with Crippen molar-refractivity contribution in [3.05, 3.63) is 53.1 Å². The van der Waals surface area contributed by atoms with Crippen LogP contribution >= 0.6 is 23.4 Å². The van der Waals surface area contributed by atoms with Gasteiger partial charge in [0, 0.05) is 16.7 Å². The summed E-state index contributed by atoms with van der Waals surface area (Å²) in [5.74, 6) is 1.94. The molecule has 1 heterocycles. The maximum Gasteiger partial charge on any atom is 0.121 e. The molecule has 0 fully saturated rings. The van der Waals surface area contributed by atoms with Crippen molar-refractivity contribution in [2.24, 2.45) is 0 Å². The van der Waals surface area contributed by atoms with Crippen LogP contribution in [0.1, 0.15) is 18.0 Å². The molecule has 3 rings (SSSR count). The van der Waals surface area contributed by atoms with Crippen LogP contribution in [0.2, 0.25) is 5.02 Å². The van der Waals surface area contributed by atoms with Gasteiger partial charge in [-0.05, 0) is 30.2 Å². The zero-order chi connectivity index (χ0) is 13.9. The normalized spacial score (nSPS) is 17.4. The van der Waals surface area contributed by atoms with E-state index < -0.39 is 0 Å². The van der Waals surface area contributed by atoms with E-state index in [-0.39, 0.29) is 0 Å². The van der Waals surface area contributed by atoms with Crippen LogP contribution in [-0.4, -0.2) is 12.9 Å². The third kappa shape index (κ3) is 2.74. The molecule has 0 saturated heterocycles. The number of hydrogen-bond donors (Lipinski definition) is 1. The molecule has 0 aromatic heterocycles. The van der Waals surface area contributed by atoms with Gasteiger partial charge in [-0.3, -0.25) is 0 Å². The number of halogens is 1. The molecule has 0 radical (unpaired) electrons. The number of anilines is 1. The highest BCUT2D eigenvalue weighted by atomic mass is 35.5. The highest BCUT2D eigenvalue weighted by Gasteiger charge is 2.20. The second-order valence-corrected chi connectivity index (χ2v) is 6.26. The minimum absolute atomic E-state index is 0.303. The van der Waals surface area contributed by atoms with E-state index in [1.807, 2.05) is 30.0 Å². The van der Waals surface area contributed by atoms with E-state index in [1.165, 1.54) is 10.5 Å². The molecular weight excluding hydrogens is 290 g/mol. The average molecular weight is 306 g/mol. The van der Waals surface area contributed by atoms with E-state index >= 15 is 0 Å². The SMILES string of the molecule is COc1ccc(Cl)c(NC2CCSc3ccccc32)c1. The molecule has 2 aromatic carbocycles. The molecule has 104 valence electrons. The molecule has 1 unspecified atom stereocenters. The van der Waals surface area contributed by atoms with Gasteiger partial charge in [-0.15, -0.1) is 11.8 Å². The Morgan fingerprint density at radius 2 is 2.10 bits per heavy atom. The van der Waals surface area contributed by atoms with Gasteiger partial charge >= 0.3 is 0 Å². The fourth-order valence-electron chi connectivity index (χ4n) is 2.42. The van der Waals surface area contributed by atoms with Gasteiger partial charge in [-0.25, -0.2) is 0 Å². The van der Waals surface area contributed by atoms with E-state index in [0.717, 1.165) is 28.6 Å². The van der Waals surface area contributed by atoms with Gasteiger partial charge in [0.2, 0.25) is 0 Å². The summed E-state index contributed by atoms with van der Waals surface area (Å²) in [7, 11) is 1.67. The van der Waals surface area contributed by atoms with Crippen molar-refractivity contribution in [2.45, 2.75) is 17.4 Å². The summed E-state index contributed by atoms with van der Waals surface area (Å²) in [6.07, 6.45) is 1.09. The van der Waals surface area contributed by atoms with Crippen molar-refractivity contribution in [2.75, 3.05) is 18.2 Å². The number of thioether (sulfide) groups is 1. The Bertz CT molecular complexity index is 617. The molecule has 0 bridgehead atoms. The van der Waals surface area contributed by atoms with Gasteiger partial charge in [-0.2, -0.15) is 0 Å². The van der Waals surface area contributed by atoms with Crippen LogP contribution in [-0.2, 0) is 0 Å². The molecule has 0 aliphatic carbocycles. The predicted octanol–water partition coefficient (Wildman–Crippen LogP) is 5.00. The zero-order valence-corrected chi connectivity index (χ0v) is 12.8. The molecule has 1 atom stereocenters. The van der Waals surface area contributed by atoms with Gasteiger partial charge in [0.05, 0.1) is 23.9 Å². The van der Waals surface area contributed by atoms with Gasteiger partial charge in [-0.1, -0.05) is 29.8 Å². The molecule has 2 aromatic rings. The molecular formula is C16H16ClNOS. The van der Waals surface area contributed by atoms with E-state index in [4.69, 9.17) is 16.3 Å². The predicted molar refractivity (Wildman–Crippen MR) is 86.2 cm³/mol. The van der Waals surface area contributed by atoms with Crippen LogP contribution < -0.4 is 10.1 Å². The third-order valence-electron chi connectivity index (χ3n) is 3.46. The molecule has 2 nitrogen and oxygen atoms in total. The first-order valence-corrected chi connectivity index (χ1v) is 7.96. The number of methoxy groups -OCH3 is 1. The maximum atomic E-state index is 6.28. The maximum absolute atomic E-state index is 6.28.